The van der Waals surface area contributed by atoms with Gasteiger partial charge in [-0.3, -0.25) is 10.1 Å². The molecule has 1 fully saturated rings. The molecule has 0 amide bonds. The topological polar surface area (TPSA) is 64.4 Å². The van der Waals surface area contributed by atoms with Crippen LogP contribution in [0.15, 0.2) is 18.2 Å². The molecule has 2 unspecified atom stereocenters. The number of nitrogens with zero attached hydrogens (tertiary/aromatic N) is 1. The van der Waals surface area contributed by atoms with Crippen LogP contribution in [0.4, 0.5) is 15.8 Å². The highest BCUT2D eigenvalue weighted by molar-refractivity contribution is 5.61. The Hall–Kier alpha value is -1.69. The van der Waals surface area contributed by atoms with Crippen LogP contribution in [0.25, 0.3) is 0 Å². The van der Waals surface area contributed by atoms with E-state index in [0.29, 0.717) is 12.3 Å². The average molecular weight is 268 g/mol. The molecule has 1 aromatic rings. The van der Waals surface area contributed by atoms with Gasteiger partial charge in [-0.25, -0.2) is 4.39 Å². The van der Waals surface area contributed by atoms with Gasteiger partial charge in [-0.2, -0.15) is 0 Å². The van der Waals surface area contributed by atoms with Crippen LogP contribution in [0.2, 0.25) is 0 Å². The lowest BCUT2D eigenvalue weighted by Crippen LogP contribution is -2.33. The summed E-state index contributed by atoms with van der Waals surface area (Å²) in [7, 11) is 0. The number of nitrogens with one attached hydrogen (secondary N) is 1. The van der Waals surface area contributed by atoms with E-state index in [2.05, 4.69) is 5.32 Å². The van der Waals surface area contributed by atoms with E-state index < -0.39 is 10.7 Å². The summed E-state index contributed by atoms with van der Waals surface area (Å²) in [4.78, 5) is 10.3. The number of nitro groups is 1. The molecular formula is C13H17FN2O3. The number of anilines is 1. The number of halogens is 1. The molecule has 2 atom stereocenters. The maximum Gasteiger partial charge on any atom is 0.295 e. The third-order valence-corrected chi connectivity index (χ3v) is 3.34. The van der Waals surface area contributed by atoms with Crippen molar-refractivity contribution in [2.75, 3.05) is 11.9 Å². The molecule has 2 rings (SSSR count). The summed E-state index contributed by atoms with van der Waals surface area (Å²) in [5.74, 6) is -0.601. The highest BCUT2D eigenvalue weighted by Crippen LogP contribution is 2.28. The molecule has 1 heterocycles. The second-order valence-electron chi connectivity index (χ2n) is 4.69. The first-order valence-electron chi connectivity index (χ1n) is 6.42. The lowest BCUT2D eigenvalue weighted by atomic mass is 10.0. The zero-order valence-corrected chi connectivity index (χ0v) is 10.8. The van der Waals surface area contributed by atoms with Crippen molar-refractivity contribution in [1.82, 2.24) is 0 Å². The van der Waals surface area contributed by atoms with Crippen LogP contribution in [0.1, 0.15) is 26.2 Å². The van der Waals surface area contributed by atoms with Gasteiger partial charge in [0, 0.05) is 12.6 Å². The summed E-state index contributed by atoms with van der Waals surface area (Å²) in [5.41, 5.74) is 0.146. The van der Waals surface area contributed by atoms with Gasteiger partial charge in [0.05, 0.1) is 17.1 Å². The molecular weight excluding hydrogens is 251 g/mol. The predicted octanol–water partition coefficient (Wildman–Crippen LogP) is 3.10. The standard InChI is InChI=1S/C13H17FN2O3/c1-2-11-8-10(5-6-19-11)15-12-4-3-9(14)7-13(12)16(17)18/h3-4,7,10-11,15H,2,5-6,8H2,1H3. The molecule has 6 heteroatoms. The second-order valence-corrected chi connectivity index (χ2v) is 4.69. The quantitative estimate of drug-likeness (QED) is 0.673. The van der Waals surface area contributed by atoms with Crippen molar-refractivity contribution in [3.05, 3.63) is 34.1 Å². The van der Waals surface area contributed by atoms with Crippen LogP contribution in [-0.4, -0.2) is 23.7 Å². The van der Waals surface area contributed by atoms with E-state index in [1.807, 2.05) is 6.92 Å². The van der Waals surface area contributed by atoms with Crippen LogP contribution in [0, 0.1) is 15.9 Å². The first-order chi connectivity index (χ1) is 9.10. The number of rotatable bonds is 4. The molecule has 1 aromatic carbocycles. The van der Waals surface area contributed by atoms with E-state index in [1.54, 1.807) is 0 Å². The maximum absolute atomic E-state index is 13.1. The van der Waals surface area contributed by atoms with E-state index in [9.17, 15) is 14.5 Å². The maximum atomic E-state index is 13.1. The van der Waals surface area contributed by atoms with Crippen LogP contribution in [0.3, 0.4) is 0 Å². The Morgan fingerprint density at radius 3 is 3.05 bits per heavy atom. The lowest BCUT2D eigenvalue weighted by Gasteiger charge is -2.30. The number of ether oxygens (including phenoxy) is 1. The number of benzene rings is 1. The normalized spacial score (nSPS) is 23.1. The lowest BCUT2D eigenvalue weighted by molar-refractivity contribution is -0.384. The fourth-order valence-electron chi connectivity index (χ4n) is 2.29. The zero-order chi connectivity index (χ0) is 13.8. The molecule has 1 saturated heterocycles. The van der Waals surface area contributed by atoms with Gasteiger partial charge in [-0.05, 0) is 31.4 Å². The van der Waals surface area contributed by atoms with Crippen LogP contribution >= 0.6 is 0 Å². The van der Waals surface area contributed by atoms with Crippen molar-refractivity contribution in [2.45, 2.75) is 38.3 Å². The van der Waals surface area contributed by atoms with Crippen molar-refractivity contribution in [3.63, 3.8) is 0 Å². The fraction of sp³-hybridized carbons (Fsp3) is 0.538. The molecule has 1 aliphatic rings. The molecule has 104 valence electrons. The molecule has 1 N–H and O–H groups in total. The first-order valence-corrected chi connectivity index (χ1v) is 6.42. The molecule has 0 saturated carbocycles. The third kappa shape index (κ3) is 3.41. The Morgan fingerprint density at radius 1 is 1.58 bits per heavy atom. The van der Waals surface area contributed by atoms with Gasteiger partial charge < -0.3 is 10.1 Å². The Labute approximate surface area is 110 Å². The van der Waals surface area contributed by atoms with Crippen molar-refractivity contribution in [3.8, 4) is 0 Å². The van der Waals surface area contributed by atoms with E-state index >= 15 is 0 Å². The molecule has 1 aliphatic heterocycles. The molecule has 0 radical (unpaired) electrons. The largest absolute Gasteiger partial charge is 0.378 e. The average Bonchev–Trinajstić information content (AvgIpc) is 2.41. The number of hydrogen-bond acceptors (Lipinski definition) is 4. The van der Waals surface area contributed by atoms with Crippen molar-refractivity contribution in [2.24, 2.45) is 0 Å². The summed E-state index contributed by atoms with van der Waals surface area (Å²) in [6.07, 6.45) is 2.71. The van der Waals surface area contributed by atoms with Crippen LogP contribution in [-0.2, 0) is 4.74 Å². The first kappa shape index (κ1) is 13.7. The smallest absolute Gasteiger partial charge is 0.295 e. The molecule has 0 aliphatic carbocycles. The highest BCUT2D eigenvalue weighted by Gasteiger charge is 2.24. The fourth-order valence-corrected chi connectivity index (χ4v) is 2.29. The minimum atomic E-state index is -0.601. The molecule has 0 bridgehead atoms. The second kappa shape index (κ2) is 5.97. The van der Waals surface area contributed by atoms with E-state index in [-0.39, 0.29) is 17.8 Å². The summed E-state index contributed by atoms with van der Waals surface area (Å²) < 4.78 is 18.6. The van der Waals surface area contributed by atoms with Gasteiger partial charge in [-0.15, -0.1) is 0 Å². The summed E-state index contributed by atoms with van der Waals surface area (Å²) in [6.45, 7) is 2.69. The van der Waals surface area contributed by atoms with Gasteiger partial charge in [0.15, 0.2) is 0 Å². The molecule has 19 heavy (non-hydrogen) atoms. The number of nitro benzene ring substituents is 1. The predicted molar refractivity (Wildman–Crippen MR) is 69.7 cm³/mol. The molecule has 0 aromatic heterocycles. The van der Waals surface area contributed by atoms with Crippen molar-refractivity contribution in [1.29, 1.82) is 0 Å². The van der Waals surface area contributed by atoms with E-state index in [1.165, 1.54) is 12.1 Å². The number of hydrogen-bond donors (Lipinski definition) is 1. The Bertz CT molecular complexity index is 467. The van der Waals surface area contributed by atoms with Crippen LogP contribution < -0.4 is 5.32 Å². The minimum absolute atomic E-state index is 0.128. The van der Waals surface area contributed by atoms with Gasteiger partial charge in [-0.1, -0.05) is 6.92 Å². The SMILES string of the molecule is CCC1CC(Nc2ccc(F)cc2[N+](=O)[O-])CCO1. The Kier molecular flexibility index (Phi) is 4.31. The summed E-state index contributed by atoms with van der Waals surface area (Å²) in [5, 5.41) is 14.0. The van der Waals surface area contributed by atoms with Gasteiger partial charge in [0.2, 0.25) is 0 Å². The van der Waals surface area contributed by atoms with E-state index in [4.69, 9.17) is 4.74 Å². The minimum Gasteiger partial charge on any atom is -0.378 e. The van der Waals surface area contributed by atoms with Crippen LogP contribution in [0.5, 0.6) is 0 Å². The highest BCUT2D eigenvalue weighted by atomic mass is 19.1. The van der Waals surface area contributed by atoms with Gasteiger partial charge >= 0.3 is 0 Å². The Balaban J connectivity index is 2.12. The molecule has 0 spiro atoms. The monoisotopic (exact) mass is 268 g/mol. The molecule has 5 nitrogen and oxygen atoms in total. The van der Waals surface area contributed by atoms with Gasteiger partial charge in [0.1, 0.15) is 11.5 Å². The van der Waals surface area contributed by atoms with Crippen molar-refractivity contribution < 1.29 is 14.1 Å². The summed E-state index contributed by atoms with van der Waals surface area (Å²) in [6, 6.07) is 3.72. The van der Waals surface area contributed by atoms with Gasteiger partial charge in [0.25, 0.3) is 5.69 Å². The van der Waals surface area contributed by atoms with E-state index in [0.717, 1.165) is 25.3 Å². The third-order valence-electron chi connectivity index (χ3n) is 3.34. The summed E-state index contributed by atoms with van der Waals surface area (Å²) >= 11 is 0. The zero-order valence-electron chi connectivity index (χ0n) is 10.8. The van der Waals surface area contributed by atoms with Crippen molar-refractivity contribution >= 4 is 11.4 Å². The Morgan fingerprint density at radius 2 is 2.37 bits per heavy atom.